The Morgan fingerprint density at radius 2 is 2.14 bits per heavy atom. The molecule has 0 spiro atoms. The van der Waals surface area contributed by atoms with Crippen LogP contribution in [0.3, 0.4) is 0 Å². The highest BCUT2D eigenvalue weighted by Crippen LogP contribution is 2.13. The van der Waals surface area contributed by atoms with E-state index in [4.69, 9.17) is 0 Å². The monoisotopic (exact) mass is 316 g/mol. The van der Waals surface area contributed by atoms with Crippen LogP contribution in [0, 0.1) is 6.92 Å². The molecule has 0 radical (unpaired) electrons. The lowest BCUT2D eigenvalue weighted by Gasteiger charge is -2.01. The highest BCUT2D eigenvalue weighted by atomic mass is 79.9. The van der Waals surface area contributed by atoms with Crippen LogP contribution < -0.4 is 0 Å². The minimum atomic E-state index is 0.566. The van der Waals surface area contributed by atoms with Gasteiger partial charge in [0.15, 0.2) is 0 Å². The van der Waals surface area contributed by atoms with Gasteiger partial charge in [-0.3, -0.25) is 0 Å². The minimum absolute atomic E-state index is 0.566. The fraction of sp³-hybridized carbons (Fsp3) is 0.125. The predicted octanol–water partition coefficient (Wildman–Crippen LogP) is 2.50. The van der Waals surface area contributed by atoms with Crippen molar-refractivity contribution in [2.24, 2.45) is 0 Å². The van der Waals surface area contributed by atoms with Gasteiger partial charge in [-0.1, -0.05) is 0 Å². The molecule has 2 aromatic heterocycles. The maximum Gasteiger partial charge on any atom is 0.250 e. The molecule has 0 N–H and O–H groups in total. The van der Waals surface area contributed by atoms with Gasteiger partial charge in [-0.25, -0.2) is 14.6 Å². The summed E-state index contributed by atoms with van der Waals surface area (Å²) in [6, 6.07) is 1.83. The summed E-state index contributed by atoms with van der Waals surface area (Å²) in [5, 5.41) is 4.14. The number of hydrogen-bond donors (Lipinski definition) is 0. The molecule has 14 heavy (non-hydrogen) atoms. The standard InChI is InChI=1S/C8H6Br2N4/c1-5-6(9)4-11-8(12-5)14-3-2-7(10)13-14/h2-4H,1H3. The Morgan fingerprint density at radius 1 is 1.36 bits per heavy atom. The lowest BCUT2D eigenvalue weighted by atomic mass is 10.5. The van der Waals surface area contributed by atoms with Crippen molar-refractivity contribution in [3.05, 3.63) is 33.2 Å². The number of rotatable bonds is 1. The summed E-state index contributed by atoms with van der Waals surface area (Å²) in [6.45, 7) is 1.91. The first-order valence-corrected chi connectivity index (χ1v) is 5.46. The highest BCUT2D eigenvalue weighted by Gasteiger charge is 2.03. The summed E-state index contributed by atoms with van der Waals surface area (Å²) in [6.07, 6.45) is 3.51. The van der Waals surface area contributed by atoms with Crippen molar-refractivity contribution in [2.45, 2.75) is 6.92 Å². The van der Waals surface area contributed by atoms with Crippen LogP contribution in [-0.2, 0) is 0 Å². The molecule has 0 saturated heterocycles. The zero-order valence-corrected chi connectivity index (χ0v) is 10.4. The van der Waals surface area contributed by atoms with E-state index in [1.165, 1.54) is 0 Å². The Hall–Kier alpha value is -0.750. The number of hydrogen-bond acceptors (Lipinski definition) is 3. The van der Waals surface area contributed by atoms with E-state index in [0.29, 0.717) is 5.95 Å². The minimum Gasteiger partial charge on any atom is -0.218 e. The first kappa shape index (κ1) is 9.79. The number of aryl methyl sites for hydroxylation is 1. The van der Waals surface area contributed by atoms with Crippen LogP contribution in [-0.4, -0.2) is 19.7 Å². The molecule has 0 aromatic carbocycles. The molecule has 72 valence electrons. The Labute approximate surface area is 97.6 Å². The van der Waals surface area contributed by atoms with Crippen LogP contribution in [0.25, 0.3) is 5.95 Å². The smallest absolute Gasteiger partial charge is 0.218 e. The van der Waals surface area contributed by atoms with E-state index in [2.05, 4.69) is 46.9 Å². The van der Waals surface area contributed by atoms with Gasteiger partial charge in [0, 0.05) is 12.4 Å². The SMILES string of the molecule is Cc1nc(-n2ccc(Br)n2)ncc1Br. The van der Waals surface area contributed by atoms with Crippen LogP contribution in [0.1, 0.15) is 5.69 Å². The summed E-state index contributed by atoms with van der Waals surface area (Å²) >= 11 is 6.61. The van der Waals surface area contributed by atoms with Crippen molar-refractivity contribution in [1.82, 2.24) is 19.7 Å². The van der Waals surface area contributed by atoms with Gasteiger partial charge >= 0.3 is 0 Å². The molecule has 0 fully saturated rings. The molecule has 0 aliphatic heterocycles. The van der Waals surface area contributed by atoms with Crippen molar-refractivity contribution in [3.8, 4) is 5.95 Å². The van der Waals surface area contributed by atoms with Gasteiger partial charge in [0.25, 0.3) is 5.95 Å². The largest absolute Gasteiger partial charge is 0.250 e. The molecule has 0 aliphatic carbocycles. The van der Waals surface area contributed by atoms with Crippen LogP contribution >= 0.6 is 31.9 Å². The second-order valence-corrected chi connectivity index (χ2v) is 4.35. The first-order chi connectivity index (χ1) is 6.66. The zero-order chi connectivity index (χ0) is 10.1. The maximum atomic E-state index is 4.28. The second-order valence-electron chi connectivity index (χ2n) is 2.69. The molecule has 2 rings (SSSR count). The average molecular weight is 318 g/mol. The van der Waals surface area contributed by atoms with E-state index < -0.39 is 0 Å². The predicted molar refractivity (Wildman–Crippen MR) is 59.3 cm³/mol. The van der Waals surface area contributed by atoms with E-state index >= 15 is 0 Å². The number of nitrogens with zero attached hydrogens (tertiary/aromatic N) is 4. The maximum absolute atomic E-state index is 4.28. The molecular weight excluding hydrogens is 312 g/mol. The molecule has 0 atom stereocenters. The fourth-order valence-electron chi connectivity index (χ4n) is 0.964. The van der Waals surface area contributed by atoms with Gasteiger partial charge in [0.05, 0.1) is 10.2 Å². The summed E-state index contributed by atoms with van der Waals surface area (Å²) in [5.41, 5.74) is 0.890. The van der Waals surface area contributed by atoms with E-state index in [1.807, 2.05) is 13.0 Å². The van der Waals surface area contributed by atoms with Crippen LogP contribution in [0.15, 0.2) is 27.5 Å². The van der Waals surface area contributed by atoms with Gasteiger partial charge in [-0.2, -0.15) is 5.10 Å². The summed E-state index contributed by atoms with van der Waals surface area (Å²) < 4.78 is 3.28. The summed E-state index contributed by atoms with van der Waals surface area (Å²) in [5.74, 6) is 0.566. The Bertz CT molecular complexity index is 466. The first-order valence-electron chi connectivity index (χ1n) is 3.87. The Balaban J connectivity index is 2.47. The second kappa shape index (κ2) is 3.78. The summed E-state index contributed by atoms with van der Waals surface area (Å²) in [7, 11) is 0. The molecule has 0 unspecified atom stereocenters. The van der Waals surface area contributed by atoms with Crippen LogP contribution in [0.4, 0.5) is 0 Å². The topological polar surface area (TPSA) is 43.6 Å². The van der Waals surface area contributed by atoms with Crippen molar-refractivity contribution < 1.29 is 0 Å². The van der Waals surface area contributed by atoms with Crippen LogP contribution in [0.2, 0.25) is 0 Å². The van der Waals surface area contributed by atoms with Gasteiger partial charge in [0.2, 0.25) is 0 Å². The normalized spacial score (nSPS) is 10.5. The quantitative estimate of drug-likeness (QED) is 0.811. The van der Waals surface area contributed by atoms with Crippen molar-refractivity contribution in [2.75, 3.05) is 0 Å². The molecule has 6 heteroatoms. The van der Waals surface area contributed by atoms with Gasteiger partial charge < -0.3 is 0 Å². The lowest BCUT2D eigenvalue weighted by molar-refractivity contribution is 0.792. The van der Waals surface area contributed by atoms with E-state index in [-0.39, 0.29) is 0 Å². The van der Waals surface area contributed by atoms with Crippen LogP contribution in [0.5, 0.6) is 0 Å². The third-order valence-electron chi connectivity index (χ3n) is 1.67. The average Bonchev–Trinajstić information content (AvgIpc) is 2.57. The molecule has 2 heterocycles. The van der Waals surface area contributed by atoms with Crippen molar-refractivity contribution in [3.63, 3.8) is 0 Å². The zero-order valence-electron chi connectivity index (χ0n) is 7.28. The molecule has 0 bridgehead atoms. The molecule has 0 saturated carbocycles. The third kappa shape index (κ3) is 1.85. The molecule has 2 aromatic rings. The van der Waals surface area contributed by atoms with Gasteiger partial charge in [0.1, 0.15) is 4.60 Å². The summed E-state index contributed by atoms with van der Waals surface area (Å²) in [4.78, 5) is 8.42. The molecule has 0 aliphatic rings. The van der Waals surface area contributed by atoms with Gasteiger partial charge in [-0.15, -0.1) is 0 Å². The van der Waals surface area contributed by atoms with E-state index in [9.17, 15) is 0 Å². The highest BCUT2D eigenvalue weighted by molar-refractivity contribution is 9.10. The Morgan fingerprint density at radius 3 is 2.71 bits per heavy atom. The van der Waals surface area contributed by atoms with E-state index in [1.54, 1.807) is 17.1 Å². The third-order valence-corrected chi connectivity index (χ3v) is 2.87. The van der Waals surface area contributed by atoms with Crippen molar-refractivity contribution >= 4 is 31.9 Å². The Kier molecular flexibility index (Phi) is 2.64. The number of halogens is 2. The van der Waals surface area contributed by atoms with Gasteiger partial charge in [-0.05, 0) is 44.8 Å². The molecular formula is C8H6Br2N4. The number of aromatic nitrogens is 4. The lowest BCUT2D eigenvalue weighted by Crippen LogP contribution is -2.02. The fourth-order valence-corrected chi connectivity index (χ4v) is 1.44. The van der Waals surface area contributed by atoms with E-state index in [0.717, 1.165) is 14.8 Å². The molecule has 4 nitrogen and oxygen atoms in total. The van der Waals surface area contributed by atoms with Crippen molar-refractivity contribution in [1.29, 1.82) is 0 Å². The molecule has 0 amide bonds.